The Kier molecular flexibility index (Phi) is 5.81. The molecule has 27 heavy (non-hydrogen) atoms. The van der Waals surface area contributed by atoms with E-state index >= 15 is 0 Å². The van der Waals surface area contributed by atoms with Crippen LogP contribution in [0.25, 0.3) is 0 Å². The van der Waals surface area contributed by atoms with Crippen LogP contribution in [0.1, 0.15) is 28.3 Å². The fourth-order valence-corrected chi connectivity index (χ4v) is 2.80. The normalized spacial score (nSPS) is 12.6. The summed E-state index contributed by atoms with van der Waals surface area (Å²) in [4.78, 5) is 0. The highest BCUT2D eigenvalue weighted by Gasteiger charge is 2.30. The molecule has 2 N–H and O–H groups in total. The summed E-state index contributed by atoms with van der Waals surface area (Å²) in [5.74, 6) is 0.717. The molecule has 0 fully saturated rings. The topological polar surface area (TPSA) is 35.2 Å². The van der Waals surface area contributed by atoms with Gasteiger partial charge in [-0.3, -0.25) is 0 Å². The molecule has 3 aromatic carbocycles. The number of alkyl halides is 3. The maximum Gasteiger partial charge on any atom is 0.416 e. The van der Waals surface area contributed by atoms with Crippen LogP contribution in [0.4, 0.5) is 13.2 Å². The first-order chi connectivity index (χ1) is 12.9. The zero-order valence-corrected chi connectivity index (χ0v) is 14.6. The third kappa shape index (κ3) is 5.34. The molecule has 0 saturated heterocycles. The number of hydrogen-bond acceptors (Lipinski definition) is 2. The second kappa shape index (κ2) is 8.27. The molecule has 0 amide bonds. The predicted octanol–water partition coefficient (Wildman–Crippen LogP) is 5.53. The molecule has 0 aliphatic carbocycles. The van der Waals surface area contributed by atoms with Crippen molar-refractivity contribution in [1.82, 2.24) is 0 Å². The van der Waals surface area contributed by atoms with E-state index in [0.29, 0.717) is 24.3 Å². The van der Waals surface area contributed by atoms with Crippen molar-refractivity contribution in [3.8, 4) is 5.75 Å². The van der Waals surface area contributed by atoms with E-state index in [0.717, 1.165) is 23.3 Å². The summed E-state index contributed by atoms with van der Waals surface area (Å²) in [6.07, 6.45) is -4.02. The van der Waals surface area contributed by atoms with E-state index in [1.165, 1.54) is 6.07 Å². The van der Waals surface area contributed by atoms with Crippen LogP contribution in [-0.2, 0) is 19.2 Å². The summed E-state index contributed by atoms with van der Waals surface area (Å²) < 4.78 is 44.2. The Morgan fingerprint density at radius 3 is 2.15 bits per heavy atom. The van der Waals surface area contributed by atoms with Crippen LogP contribution in [0.2, 0.25) is 0 Å². The van der Waals surface area contributed by atoms with Crippen molar-refractivity contribution < 1.29 is 17.9 Å². The monoisotopic (exact) mass is 371 g/mol. The average molecular weight is 371 g/mol. The Labute approximate surface area is 156 Å². The van der Waals surface area contributed by atoms with Gasteiger partial charge in [-0.2, -0.15) is 13.2 Å². The highest BCUT2D eigenvalue weighted by atomic mass is 19.4. The highest BCUT2D eigenvalue weighted by molar-refractivity contribution is 5.32. The van der Waals surface area contributed by atoms with Crippen LogP contribution in [0, 0.1) is 0 Å². The summed E-state index contributed by atoms with van der Waals surface area (Å²) in [6.45, 7) is 0.469. The minimum absolute atomic E-state index is 0.328. The lowest BCUT2D eigenvalue weighted by Crippen LogP contribution is -2.14. The lowest BCUT2D eigenvalue weighted by Gasteiger charge is -2.15. The number of benzene rings is 3. The minimum atomic E-state index is -4.35. The Morgan fingerprint density at radius 1 is 0.815 bits per heavy atom. The quantitative estimate of drug-likeness (QED) is 0.619. The van der Waals surface area contributed by atoms with E-state index in [1.54, 1.807) is 6.07 Å². The lowest BCUT2D eigenvalue weighted by atomic mass is 9.98. The second-order valence-corrected chi connectivity index (χ2v) is 6.35. The number of hydrogen-bond donors (Lipinski definition) is 1. The summed E-state index contributed by atoms with van der Waals surface area (Å²) in [5.41, 5.74) is 8.00. The molecule has 3 rings (SSSR count). The number of ether oxygens (including phenoxy) is 1. The summed E-state index contributed by atoms with van der Waals surface area (Å²) in [5, 5.41) is 0. The van der Waals surface area contributed by atoms with Gasteiger partial charge < -0.3 is 10.5 Å². The Bertz CT molecular complexity index is 861. The first kappa shape index (κ1) is 19.0. The molecule has 2 nitrogen and oxygen atoms in total. The standard InChI is InChI=1S/C22H20F3NO/c23-22(24,25)19-8-4-7-17(13-19)14-21(26)18-9-11-20(12-10-18)27-15-16-5-2-1-3-6-16/h1-13,21H,14-15,26H2. The molecule has 0 heterocycles. The molecule has 1 atom stereocenters. The molecule has 0 aromatic heterocycles. The molecule has 0 aliphatic rings. The molecule has 140 valence electrons. The van der Waals surface area contributed by atoms with Gasteiger partial charge in [-0.15, -0.1) is 0 Å². The van der Waals surface area contributed by atoms with Gasteiger partial charge in [0, 0.05) is 6.04 Å². The SMILES string of the molecule is NC(Cc1cccc(C(F)(F)F)c1)c1ccc(OCc2ccccc2)cc1. The molecular weight excluding hydrogens is 351 g/mol. The average Bonchev–Trinajstić information content (AvgIpc) is 2.67. The van der Waals surface area contributed by atoms with Crippen LogP contribution < -0.4 is 10.5 Å². The molecule has 5 heteroatoms. The first-order valence-corrected chi connectivity index (χ1v) is 8.60. The van der Waals surface area contributed by atoms with E-state index < -0.39 is 17.8 Å². The molecule has 1 unspecified atom stereocenters. The fraction of sp³-hybridized carbons (Fsp3) is 0.182. The van der Waals surface area contributed by atoms with Crippen molar-refractivity contribution in [2.24, 2.45) is 5.73 Å². The molecule has 0 bridgehead atoms. The predicted molar refractivity (Wildman–Crippen MR) is 99.3 cm³/mol. The van der Waals surface area contributed by atoms with Crippen molar-refractivity contribution in [1.29, 1.82) is 0 Å². The Morgan fingerprint density at radius 2 is 1.48 bits per heavy atom. The minimum Gasteiger partial charge on any atom is -0.489 e. The second-order valence-electron chi connectivity index (χ2n) is 6.35. The van der Waals surface area contributed by atoms with Gasteiger partial charge in [0.2, 0.25) is 0 Å². The summed E-state index contributed by atoms with van der Waals surface area (Å²) in [7, 11) is 0. The van der Waals surface area contributed by atoms with E-state index in [9.17, 15) is 13.2 Å². The van der Waals surface area contributed by atoms with Gasteiger partial charge in [0.1, 0.15) is 12.4 Å². The van der Waals surface area contributed by atoms with Gasteiger partial charge in [-0.05, 0) is 41.3 Å². The third-order valence-corrected chi connectivity index (χ3v) is 4.27. The smallest absolute Gasteiger partial charge is 0.416 e. The Hall–Kier alpha value is -2.79. The van der Waals surface area contributed by atoms with E-state index in [1.807, 2.05) is 54.6 Å². The van der Waals surface area contributed by atoms with Gasteiger partial charge >= 0.3 is 6.18 Å². The van der Waals surface area contributed by atoms with E-state index in [4.69, 9.17) is 10.5 Å². The molecule has 0 aliphatic heterocycles. The first-order valence-electron chi connectivity index (χ1n) is 8.60. The van der Waals surface area contributed by atoms with Crippen LogP contribution in [0.5, 0.6) is 5.75 Å². The highest BCUT2D eigenvalue weighted by Crippen LogP contribution is 2.30. The molecule has 3 aromatic rings. The van der Waals surface area contributed by atoms with Crippen LogP contribution in [0.3, 0.4) is 0 Å². The van der Waals surface area contributed by atoms with Crippen molar-refractivity contribution in [3.05, 3.63) is 101 Å². The lowest BCUT2D eigenvalue weighted by molar-refractivity contribution is -0.137. The molecule has 0 radical (unpaired) electrons. The number of rotatable bonds is 6. The van der Waals surface area contributed by atoms with Crippen molar-refractivity contribution in [2.75, 3.05) is 0 Å². The van der Waals surface area contributed by atoms with Gasteiger partial charge in [-0.1, -0.05) is 60.7 Å². The van der Waals surface area contributed by atoms with Gasteiger partial charge in [0.15, 0.2) is 0 Å². The Balaban J connectivity index is 1.61. The maximum absolute atomic E-state index is 12.8. The van der Waals surface area contributed by atoms with Crippen LogP contribution in [0.15, 0.2) is 78.9 Å². The van der Waals surface area contributed by atoms with E-state index in [-0.39, 0.29) is 0 Å². The third-order valence-electron chi connectivity index (χ3n) is 4.27. The number of halogens is 3. The van der Waals surface area contributed by atoms with Gasteiger partial charge in [0.05, 0.1) is 5.56 Å². The zero-order chi connectivity index (χ0) is 19.3. The van der Waals surface area contributed by atoms with Gasteiger partial charge in [-0.25, -0.2) is 0 Å². The van der Waals surface area contributed by atoms with E-state index in [2.05, 4.69) is 0 Å². The van der Waals surface area contributed by atoms with Crippen LogP contribution >= 0.6 is 0 Å². The molecule has 0 spiro atoms. The fourth-order valence-electron chi connectivity index (χ4n) is 2.80. The summed E-state index contributed by atoms with van der Waals surface area (Å²) >= 11 is 0. The maximum atomic E-state index is 12.8. The van der Waals surface area contributed by atoms with Crippen molar-refractivity contribution in [3.63, 3.8) is 0 Å². The largest absolute Gasteiger partial charge is 0.489 e. The summed E-state index contributed by atoms with van der Waals surface area (Å²) in [6, 6.07) is 22.1. The van der Waals surface area contributed by atoms with Crippen molar-refractivity contribution >= 4 is 0 Å². The van der Waals surface area contributed by atoms with Gasteiger partial charge in [0.25, 0.3) is 0 Å². The molecule has 0 saturated carbocycles. The van der Waals surface area contributed by atoms with Crippen LogP contribution in [-0.4, -0.2) is 0 Å². The van der Waals surface area contributed by atoms with Crippen molar-refractivity contribution in [2.45, 2.75) is 25.2 Å². The number of nitrogens with two attached hydrogens (primary N) is 1. The zero-order valence-electron chi connectivity index (χ0n) is 14.6. The molecular formula is C22H20F3NO.